The first-order valence-electron chi connectivity index (χ1n) is 8.25. The van der Waals surface area contributed by atoms with Gasteiger partial charge in [0.05, 0.1) is 11.0 Å². The van der Waals surface area contributed by atoms with Crippen LogP contribution in [-0.2, 0) is 5.41 Å². The topological polar surface area (TPSA) is 4.93 Å². The van der Waals surface area contributed by atoms with Gasteiger partial charge in [-0.15, -0.1) is 0 Å². The fraction of sp³-hybridized carbons (Fsp3) is 0.182. The van der Waals surface area contributed by atoms with E-state index >= 15 is 0 Å². The summed E-state index contributed by atoms with van der Waals surface area (Å²) in [5.41, 5.74) is 5.18. The van der Waals surface area contributed by atoms with E-state index in [0.717, 1.165) is 4.47 Å². The molecule has 0 amide bonds. The molecule has 4 aromatic rings. The van der Waals surface area contributed by atoms with Gasteiger partial charge >= 0.3 is 0 Å². The standard InChI is InChI=1S/C22H20BrN/c1-22(2,3)15-11-13-16(14-12-15)24-20-10-5-4-7-17(20)18-8-6-9-19(23)21(18)24/h4-14H,1-3H3. The van der Waals surface area contributed by atoms with E-state index in [-0.39, 0.29) is 5.41 Å². The molecule has 24 heavy (non-hydrogen) atoms. The second-order valence-corrected chi connectivity index (χ2v) is 8.14. The van der Waals surface area contributed by atoms with Crippen molar-refractivity contribution in [2.24, 2.45) is 0 Å². The predicted octanol–water partition coefficient (Wildman–Crippen LogP) is 6.84. The summed E-state index contributed by atoms with van der Waals surface area (Å²) in [6, 6.07) is 24.0. The van der Waals surface area contributed by atoms with Crippen LogP contribution in [0.3, 0.4) is 0 Å². The van der Waals surface area contributed by atoms with Crippen LogP contribution < -0.4 is 0 Å². The molecular weight excluding hydrogens is 358 g/mol. The predicted molar refractivity (Wildman–Crippen MR) is 107 cm³/mol. The SMILES string of the molecule is CC(C)(C)c1ccc(-n2c3ccccc3c3cccc(Br)c32)cc1. The molecule has 0 aliphatic heterocycles. The number of fused-ring (bicyclic) bond motifs is 3. The molecule has 3 aromatic carbocycles. The Morgan fingerprint density at radius 1 is 0.750 bits per heavy atom. The minimum Gasteiger partial charge on any atom is -0.308 e. The average molecular weight is 378 g/mol. The molecule has 0 saturated carbocycles. The highest BCUT2D eigenvalue weighted by Gasteiger charge is 2.16. The summed E-state index contributed by atoms with van der Waals surface area (Å²) in [4.78, 5) is 0. The molecule has 120 valence electrons. The third-order valence-electron chi connectivity index (χ3n) is 4.64. The van der Waals surface area contributed by atoms with Gasteiger partial charge in [0, 0.05) is 20.9 Å². The first-order chi connectivity index (χ1) is 11.5. The van der Waals surface area contributed by atoms with Crippen molar-refractivity contribution in [3.8, 4) is 5.69 Å². The molecule has 0 saturated heterocycles. The van der Waals surface area contributed by atoms with Gasteiger partial charge in [-0.25, -0.2) is 0 Å². The molecule has 1 aromatic heterocycles. The largest absolute Gasteiger partial charge is 0.308 e. The van der Waals surface area contributed by atoms with Gasteiger partial charge in [0.15, 0.2) is 0 Å². The maximum absolute atomic E-state index is 3.75. The lowest BCUT2D eigenvalue weighted by molar-refractivity contribution is 0.590. The Kier molecular flexibility index (Phi) is 3.54. The summed E-state index contributed by atoms with van der Waals surface area (Å²) in [6.07, 6.45) is 0. The molecule has 0 N–H and O–H groups in total. The summed E-state index contributed by atoms with van der Waals surface area (Å²) in [7, 11) is 0. The van der Waals surface area contributed by atoms with E-state index in [1.54, 1.807) is 0 Å². The second kappa shape index (κ2) is 5.49. The summed E-state index contributed by atoms with van der Waals surface area (Å²) in [5, 5.41) is 2.56. The Hall–Kier alpha value is -2.06. The number of benzene rings is 3. The van der Waals surface area contributed by atoms with E-state index in [9.17, 15) is 0 Å². The van der Waals surface area contributed by atoms with E-state index in [4.69, 9.17) is 0 Å². The van der Waals surface area contributed by atoms with Crippen LogP contribution in [0.2, 0.25) is 0 Å². The Morgan fingerprint density at radius 2 is 1.42 bits per heavy atom. The summed E-state index contributed by atoms with van der Waals surface area (Å²) in [6.45, 7) is 6.75. The lowest BCUT2D eigenvalue weighted by Gasteiger charge is -2.19. The highest BCUT2D eigenvalue weighted by molar-refractivity contribution is 9.10. The van der Waals surface area contributed by atoms with E-state index < -0.39 is 0 Å². The Balaban J connectivity index is 2.05. The Morgan fingerprint density at radius 3 is 2.12 bits per heavy atom. The normalized spacial score (nSPS) is 12.2. The maximum Gasteiger partial charge on any atom is 0.0683 e. The molecule has 0 radical (unpaired) electrons. The van der Waals surface area contributed by atoms with E-state index in [1.165, 1.54) is 33.1 Å². The van der Waals surface area contributed by atoms with Crippen molar-refractivity contribution in [3.63, 3.8) is 0 Å². The van der Waals surface area contributed by atoms with Crippen molar-refractivity contribution < 1.29 is 0 Å². The molecule has 0 unspecified atom stereocenters. The van der Waals surface area contributed by atoms with Crippen molar-refractivity contribution in [2.75, 3.05) is 0 Å². The van der Waals surface area contributed by atoms with Gasteiger partial charge in [-0.2, -0.15) is 0 Å². The van der Waals surface area contributed by atoms with Crippen LogP contribution in [-0.4, -0.2) is 4.57 Å². The fourth-order valence-corrected chi connectivity index (χ4v) is 3.90. The van der Waals surface area contributed by atoms with Gasteiger partial charge in [0.1, 0.15) is 0 Å². The van der Waals surface area contributed by atoms with Crippen LogP contribution in [0.5, 0.6) is 0 Å². The summed E-state index contributed by atoms with van der Waals surface area (Å²) in [5.74, 6) is 0. The highest BCUT2D eigenvalue weighted by atomic mass is 79.9. The Bertz CT molecular complexity index is 1030. The van der Waals surface area contributed by atoms with Crippen LogP contribution in [0.25, 0.3) is 27.5 Å². The van der Waals surface area contributed by atoms with Crippen LogP contribution in [0.1, 0.15) is 26.3 Å². The molecular formula is C22H20BrN. The molecule has 1 nitrogen and oxygen atoms in total. The maximum atomic E-state index is 3.75. The second-order valence-electron chi connectivity index (χ2n) is 7.29. The van der Waals surface area contributed by atoms with Gasteiger partial charge in [0.2, 0.25) is 0 Å². The van der Waals surface area contributed by atoms with Crippen molar-refractivity contribution in [3.05, 3.63) is 76.8 Å². The van der Waals surface area contributed by atoms with Gasteiger partial charge in [-0.05, 0) is 51.2 Å². The van der Waals surface area contributed by atoms with Crippen molar-refractivity contribution in [1.82, 2.24) is 4.57 Å². The fourth-order valence-electron chi connectivity index (χ4n) is 3.36. The number of hydrogen-bond acceptors (Lipinski definition) is 0. The van der Waals surface area contributed by atoms with E-state index in [0.29, 0.717) is 0 Å². The first kappa shape index (κ1) is 15.5. The molecule has 4 rings (SSSR count). The third kappa shape index (κ3) is 2.37. The minimum atomic E-state index is 0.167. The molecule has 0 fully saturated rings. The van der Waals surface area contributed by atoms with Crippen LogP contribution in [0, 0.1) is 0 Å². The van der Waals surface area contributed by atoms with Crippen LogP contribution in [0.4, 0.5) is 0 Å². The summed E-state index contributed by atoms with van der Waals surface area (Å²) < 4.78 is 3.47. The summed E-state index contributed by atoms with van der Waals surface area (Å²) >= 11 is 3.75. The van der Waals surface area contributed by atoms with Gasteiger partial charge < -0.3 is 4.57 Å². The minimum absolute atomic E-state index is 0.167. The molecule has 0 atom stereocenters. The first-order valence-corrected chi connectivity index (χ1v) is 9.05. The quantitative estimate of drug-likeness (QED) is 0.342. The molecule has 2 heteroatoms. The van der Waals surface area contributed by atoms with Crippen molar-refractivity contribution in [1.29, 1.82) is 0 Å². The lowest BCUT2D eigenvalue weighted by Crippen LogP contribution is -2.10. The zero-order chi connectivity index (χ0) is 16.9. The molecule has 0 aliphatic carbocycles. The molecule has 0 spiro atoms. The monoisotopic (exact) mass is 377 g/mol. The molecule has 1 heterocycles. The molecule has 0 aliphatic rings. The number of nitrogens with zero attached hydrogens (tertiary/aromatic N) is 1. The van der Waals surface area contributed by atoms with Crippen LogP contribution in [0.15, 0.2) is 71.2 Å². The van der Waals surface area contributed by atoms with Gasteiger partial charge in [-0.3, -0.25) is 0 Å². The number of hydrogen-bond donors (Lipinski definition) is 0. The van der Waals surface area contributed by atoms with E-state index in [1.807, 2.05) is 0 Å². The number of para-hydroxylation sites is 2. The van der Waals surface area contributed by atoms with Crippen molar-refractivity contribution in [2.45, 2.75) is 26.2 Å². The Labute approximate surface area is 151 Å². The highest BCUT2D eigenvalue weighted by Crippen LogP contribution is 2.36. The third-order valence-corrected chi connectivity index (χ3v) is 5.28. The zero-order valence-corrected chi connectivity index (χ0v) is 15.8. The van der Waals surface area contributed by atoms with E-state index in [2.05, 4.69) is 108 Å². The molecule has 0 bridgehead atoms. The lowest BCUT2D eigenvalue weighted by atomic mass is 9.87. The number of halogens is 1. The zero-order valence-electron chi connectivity index (χ0n) is 14.2. The smallest absolute Gasteiger partial charge is 0.0683 e. The van der Waals surface area contributed by atoms with Crippen LogP contribution >= 0.6 is 15.9 Å². The number of rotatable bonds is 1. The van der Waals surface area contributed by atoms with Gasteiger partial charge in [0.25, 0.3) is 0 Å². The average Bonchev–Trinajstić information content (AvgIpc) is 2.90. The van der Waals surface area contributed by atoms with Crippen molar-refractivity contribution >= 4 is 37.7 Å². The van der Waals surface area contributed by atoms with Gasteiger partial charge in [-0.1, -0.05) is 63.2 Å². The number of aromatic nitrogens is 1.